The Morgan fingerprint density at radius 1 is 0.619 bits per heavy atom. The quantitative estimate of drug-likeness (QED) is 0.180. The fraction of sp³-hybridized carbons (Fsp3) is 0.125. The molecule has 0 N–H and O–H groups in total. The highest BCUT2D eigenvalue weighted by Crippen LogP contribution is 2.61. The first kappa shape index (κ1) is 26.8. The molecule has 2 aliphatic rings. The number of aliphatic imine (C=N–C) groups is 1. The monoisotopic (exact) mass is 568 g/mol. The van der Waals surface area contributed by atoms with E-state index in [9.17, 15) is 42.1 Å². The Labute approximate surface area is 234 Å². The van der Waals surface area contributed by atoms with Crippen LogP contribution in [0.15, 0.2) is 77.8 Å². The molecule has 42 heavy (non-hydrogen) atoms. The molecule has 204 valence electrons. The van der Waals surface area contributed by atoms with Crippen LogP contribution in [0.1, 0.15) is 56.3 Å². The molecule has 0 spiro atoms. The Morgan fingerprint density at radius 2 is 1.17 bits per heavy atom. The largest absolute Gasteiger partial charge is 0.416 e. The van der Waals surface area contributed by atoms with Gasteiger partial charge in [-0.25, -0.2) is 0 Å². The summed E-state index contributed by atoms with van der Waals surface area (Å²) < 4.78 is 80.2. The molecule has 0 saturated carbocycles. The van der Waals surface area contributed by atoms with Crippen LogP contribution in [0.4, 0.5) is 26.3 Å². The molecule has 4 aromatic rings. The Balaban J connectivity index is 1.68. The standard InChI is InChI=1S/C32H14F6N4/c33-31(34,35)20-7-1-16(2-8-20)25-28-22-11-5-18(13-39)24-19(14-40)6-12-23(27(22)24)29(28)26(30(25)42-15-41)17-3-9-21(10-4-17)32(36,37)38/h1-12,25,28H. The SMILES string of the molecule is N#CN=C1C(c2ccc(C(F)(F)F)cc2)=C2c3ccc(C#N)c4c(C#N)ccc(c34)C2C1c1ccc(C(F)(F)F)cc1. The van der Waals surface area contributed by atoms with Crippen LogP contribution >= 0.6 is 0 Å². The lowest BCUT2D eigenvalue weighted by Gasteiger charge is -2.22. The van der Waals surface area contributed by atoms with Crippen molar-refractivity contribution in [2.45, 2.75) is 24.2 Å². The van der Waals surface area contributed by atoms with E-state index >= 15 is 0 Å². The highest BCUT2D eigenvalue weighted by Gasteiger charge is 2.48. The number of nitriles is 3. The third kappa shape index (κ3) is 3.94. The number of hydrogen-bond acceptors (Lipinski definition) is 4. The predicted octanol–water partition coefficient (Wildman–Crippen LogP) is 8.35. The van der Waals surface area contributed by atoms with Gasteiger partial charge in [-0.3, -0.25) is 0 Å². The molecule has 4 nitrogen and oxygen atoms in total. The van der Waals surface area contributed by atoms with Gasteiger partial charge in [0.05, 0.1) is 40.1 Å². The summed E-state index contributed by atoms with van der Waals surface area (Å²) in [5, 5.41) is 30.3. The summed E-state index contributed by atoms with van der Waals surface area (Å²) in [5.74, 6) is -1.39. The fourth-order valence-corrected chi connectivity index (χ4v) is 6.14. The summed E-state index contributed by atoms with van der Waals surface area (Å²) >= 11 is 0. The van der Waals surface area contributed by atoms with Crippen LogP contribution in [-0.2, 0) is 12.4 Å². The van der Waals surface area contributed by atoms with E-state index in [2.05, 4.69) is 17.1 Å². The molecule has 2 aliphatic carbocycles. The molecule has 0 aliphatic heterocycles. The van der Waals surface area contributed by atoms with Crippen LogP contribution in [0, 0.1) is 34.1 Å². The topological polar surface area (TPSA) is 83.7 Å². The lowest BCUT2D eigenvalue weighted by molar-refractivity contribution is -0.138. The van der Waals surface area contributed by atoms with Gasteiger partial charge in [-0.2, -0.15) is 47.1 Å². The first-order valence-corrected chi connectivity index (χ1v) is 12.5. The van der Waals surface area contributed by atoms with Gasteiger partial charge < -0.3 is 0 Å². The number of nitrogens with zero attached hydrogens (tertiary/aromatic N) is 4. The number of halogens is 6. The van der Waals surface area contributed by atoms with E-state index in [1.807, 2.05) is 0 Å². The average Bonchev–Trinajstić information content (AvgIpc) is 3.46. The second-order valence-electron chi connectivity index (χ2n) is 9.87. The molecule has 6 rings (SSSR count). The van der Waals surface area contributed by atoms with Crippen molar-refractivity contribution in [2.24, 2.45) is 4.99 Å². The zero-order valence-corrected chi connectivity index (χ0v) is 21.1. The molecule has 0 heterocycles. The average molecular weight is 568 g/mol. The zero-order valence-electron chi connectivity index (χ0n) is 21.1. The van der Waals surface area contributed by atoms with E-state index in [0.717, 1.165) is 24.3 Å². The van der Waals surface area contributed by atoms with E-state index in [-0.39, 0.29) is 16.8 Å². The summed E-state index contributed by atoms with van der Waals surface area (Å²) in [6.07, 6.45) is -7.40. The first-order chi connectivity index (χ1) is 20.0. The molecule has 0 amide bonds. The molecule has 0 bridgehead atoms. The van der Waals surface area contributed by atoms with Crippen LogP contribution in [0.2, 0.25) is 0 Å². The zero-order chi connectivity index (χ0) is 30.0. The van der Waals surface area contributed by atoms with Crippen molar-refractivity contribution in [2.75, 3.05) is 0 Å². The fourth-order valence-electron chi connectivity index (χ4n) is 6.14. The summed E-state index contributed by atoms with van der Waals surface area (Å²) in [6, 6.07) is 19.5. The number of allylic oxidation sites excluding steroid dienone is 2. The Morgan fingerprint density at radius 3 is 1.69 bits per heavy atom. The van der Waals surface area contributed by atoms with Crippen molar-refractivity contribution in [3.05, 3.63) is 117 Å². The van der Waals surface area contributed by atoms with Gasteiger partial charge in [0.25, 0.3) is 0 Å². The second kappa shape index (κ2) is 9.33. The maximum atomic E-state index is 13.4. The van der Waals surface area contributed by atoms with E-state index in [1.54, 1.807) is 30.5 Å². The predicted molar refractivity (Wildman–Crippen MR) is 142 cm³/mol. The Hall–Kier alpha value is -5.40. The molecule has 2 unspecified atom stereocenters. The molecule has 0 radical (unpaired) electrons. The van der Waals surface area contributed by atoms with Gasteiger partial charge in [0.2, 0.25) is 6.19 Å². The van der Waals surface area contributed by atoms with Gasteiger partial charge in [0, 0.05) is 22.8 Å². The van der Waals surface area contributed by atoms with Crippen molar-refractivity contribution >= 4 is 27.6 Å². The van der Waals surface area contributed by atoms with E-state index in [1.165, 1.54) is 24.3 Å². The summed E-state index contributed by atoms with van der Waals surface area (Å²) in [4.78, 5) is 4.08. The van der Waals surface area contributed by atoms with Crippen molar-refractivity contribution in [1.29, 1.82) is 15.8 Å². The number of alkyl halides is 6. The first-order valence-electron chi connectivity index (χ1n) is 12.5. The van der Waals surface area contributed by atoms with Crippen LogP contribution < -0.4 is 0 Å². The minimum atomic E-state index is -4.59. The highest BCUT2D eigenvalue weighted by atomic mass is 19.4. The van der Waals surface area contributed by atoms with Crippen molar-refractivity contribution in [3.8, 4) is 18.3 Å². The molecule has 10 heteroatoms. The van der Waals surface area contributed by atoms with E-state index in [0.29, 0.717) is 44.2 Å². The second-order valence-corrected chi connectivity index (χ2v) is 9.87. The minimum Gasteiger partial charge on any atom is -0.192 e. The third-order valence-corrected chi connectivity index (χ3v) is 7.79. The lowest BCUT2D eigenvalue weighted by Crippen LogP contribution is -2.15. The van der Waals surface area contributed by atoms with Gasteiger partial charge >= 0.3 is 12.4 Å². The molecular weight excluding hydrogens is 554 g/mol. The van der Waals surface area contributed by atoms with Crippen LogP contribution in [-0.4, -0.2) is 5.71 Å². The van der Waals surface area contributed by atoms with E-state index in [4.69, 9.17) is 0 Å². The lowest BCUT2D eigenvalue weighted by atomic mass is 9.81. The molecule has 0 fully saturated rings. The molecular formula is C32H14F6N4. The summed E-state index contributed by atoms with van der Waals surface area (Å²) in [5.41, 5.74) is 1.95. The number of hydrogen-bond donors (Lipinski definition) is 0. The Bertz CT molecular complexity index is 1960. The van der Waals surface area contributed by atoms with Gasteiger partial charge in [-0.05, 0) is 69.6 Å². The van der Waals surface area contributed by atoms with Crippen molar-refractivity contribution in [3.63, 3.8) is 0 Å². The van der Waals surface area contributed by atoms with Crippen LogP contribution in [0.25, 0.3) is 21.9 Å². The van der Waals surface area contributed by atoms with Gasteiger partial charge in [0.15, 0.2) is 0 Å². The third-order valence-electron chi connectivity index (χ3n) is 7.79. The normalized spacial score (nSPS) is 18.6. The highest BCUT2D eigenvalue weighted by molar-refractivity contribution is 6.39. The number of fused-ring (bicyclic) bond motifs is 3. The van der Waals surface area contributed by atoms with Crippen molar-refractivity contribution < 1.29 is 26.3 Å². The van der Waals surface area contributed by atoms with Gasteiger partial charge in [-0.1, -0.05) is 36.4 Å². The van der Waals surface area contributed by atoms with Crippen LogP contribution in [0.5, 0.6) is 0 Å². The van der Waals surface area contributed by atoms with E-state index < -0.39 is 35.3 Å². The molecule has 4 aromatic carbocycles. The summed E-state index contributed by atoms with van der Waals surface area (Å²) in [6.45, 7) is 0. The maximum absolute atomic E-state index is 13.4. The molecule has 2 atom stereocenters. The smallest absolute Gasteiger partial charge is 0.192 e. The number of rotatable bonds is 2. The maximum Gasteiger partial charge on any atom is 0.416 e. The summed E-state index contributed by atoms with van der Waals surface area (Å²) in [7, 11) is 0. The van der Waals surface area contributed by atoms with Crippen molar-refractivity contribution in [1.82, 2.24) is 0 Å². The van der Waals surface area contributed by atoms with Gasteiger partial charge in [0.1, 0.15) is 0 Å². The minimum absolute atomic E-state index is 0.199. The molecule has 0 saturated heterocycles. The number of benzene rings is 4. The molecule has 0 aromatic heterocycles. The van der Waals surface area contributed by atoms with Gasteiger partial charge in [-0.15, -0.1) is 0 Å². The van der Waals surface area contributed by atoms with Crippen LogP contribution in [0.3, 0.4) is 0 Å². The Kier molecular flexibility index (Phi) is 5.95.